The number of thiazole rings is 1. The van der Waals surface area contributed by atoms with Crippen LogP contribution >= 0.6 is 23.6 Å². The summed E-state index contributed by atoms with van der Waals surface area (Å²) in [6.07, 6.45) is 4.76. The van der Waals surface area contributed by atoms with Crippen molar-refractivity contribution in [2.24, 2.45) is 12.0 Å². The molecule has 0 aliphatic carbocycles. The summed E-state index contributed by atoms with van der Waals surface area (Å²) in [7, 11) is 1.77. The van der Waals surface area contributed by atoms with Gasteiger partial charge in [0.2, 0.25) is 5.88 Å². The van der Waals surface area contributed by atoms with Crippen molar-refractivity contribution in [2.75, 3.05) is 0 Å². The molecule has 0 fully saturated rings. The van der Waals surface area contributed by atoms with Crippen molar-refractivity contribution in [1.29, 1.82) is 0 Å². The van der Waals surface area contributed by atoms with Crippen LogP contribution in [0.2, 0.25) is 0 Å². The van der Waals surface area contributed by atoms with Crippen LogP contribution in [0.4, 0.5) is 5.69 Å². The Bertz CT molecular complexity index is 797. The summed E-state index contributed by atoms with van der Waals surface area (Å²) in [5.41, 5.74) is 4.42. The lowest BCUT2D eigenvalue weighted by Crippen LogP contribution is -1.86. The quantitative estimate of drug-likeness (QED) is 0.838. The summed E-state index contributed by atoms with van der Waals surface area (Å²) in [4.78, 5) is 5.28. The monoisotopic (exact) mass is 302 g/mol. The molecule has 0 radical (unpaired) electrons. The van der Waals surface area contributed by atoms with Crippen LogP contribution in [0.15, 0.2) is 23.2 Å². The molecule has 1 aromatic heterocycles. The third kappa shape index (κ3) is 2.03. The zero-order chi connectivity index (χ0) is 14.3. The van der Waals surface area contributed by atoms with Crippen LogP contribution in [-0.2, 0) is 13.5 Å². The van der Waals surface area contributed by atoms with Gasteiger partial charge in [-0.25, -0.2) is 0 Å². The van der Waals surface area contributed by atoms with Gasteiger partial charge in [0.25, 0.3) is 0 Å². The number of hydrogen-bond acceptors (Lipinski definition) is 4. The number of aryl methyl sites for hydroxylation is 1. The molecule has 102 valence electrons. The van der Waals surface area contributed by atoms with Crippen molar-refractivity contribution in [1.82, 2.24) is 4.57 Å². The SMILES string of the molecule is CCc1cccc2c1N=CC2=Cc1sc(=S)n(C)c1O. The van der Waals surface area contributed by atoms with Crippen molar-refractivity contribution in [3.05, 3.63) is 38.2 Å². The highest BCUT2D eigenvalue weighted by atomic mass is 32.1. The Kier molecular flexibility index (Phi) is 3.31. The molecule has 1 aliphatic rings. The number of para-hydroxylation sites is 1. The van der Waals surface area contributed by atoms with E-state index in [0.717, 1.165) is 28.1 Å². The van der Waals surface area contributed by atoms with E-state index < -0.39 is 0 Å². The third-order valence-electron chi connectivity index (χ3n) is 3.44. The predicted octanol–water partition coefficient (Wildman–Crippen LogP) is 4.34. The van der Waals surface area contributed by atoms with E-state index in [1.807, 2.05) is 18.4 Å². The largest absolute Gasteiger partial charge is 0.493 e. The molecular weight excluding hydrogens is 288 g/mol. The van der Waals surface area contributed by atoms with Gasteiger partial charge < -0.3 is 5.11 Å². The Morgan fingerprint density at radius 1 is 1.45 bits per heavy atom. The Morgan fingerprint density at radius 3 is 2.90 bits per heavy atom. The van der Waals surface area contributed by atoms with Crippen molar-refractivity contribution < 1.29 is 5.11 Å². The van der Waals surface area contributed by atoms with Gasteiger partial charge in [-0.05, 0) is 30.3 Å². The van der Waals surface area contributed by atoms with E-state index in [0.29, 0.717) is 3.95 Å². The number of nitrogens with zero attached hydrogens (tertiary/aromatic N) is 2. The standard InChI is InChI=1S/C15H14N2OS2/c1-3-9-5-4-6-11-10(8-16-13(9)11)7-12-14(18)17(2)15(19)20-12/h4-8,18H,3H2,1-2H3. The maximum absolute atomic E-state index is 10.0. The number of allylic oxidation sites excluding steroid dienone is 1. The summed E-state index contributed by atoms with van der Waals surface area (Å²) in [5, 5.41) is 10.0. The molecule has 0 amide bonds. The fourth-order valence-electron chi connectivity index (χ4n) is 2.28. The summed E-state index contributed by atoms with van der Waals surface area (Å²) in [5.74, 6) is 0.209. The maximum atomic E-state index is 10.0. The van der Waals surface area contributed by atoms with Gasteiger partial charge in [0.15, 0.2) is 3.95 Å². The van der Waals surface area contributed by atoms with Gasteiger partial charge in [0.1, 0.15) is 0 Å². The summed E-state index contributed by atoms with van der Waals surface area (Å²) >= 11 is 6.58. The minimum Gasteiger partial charge on any atom is -0.493 e. The zero-order valence-electron chi connectivity index (χ0n) is 11.3. The van der Waals surface area contributed by atoms with E-state index in [2.05, 4.69) is 24.0 Å². The third-order valence-corrected chi connectivity index (χ3v) is 4.93. The van der Waals surface area contributed by atoms with Crippen LogP contribution < -0.4 is 0 Å². The van der Waals surface area contributed by atoms with E-state index in [9.17, 15) is 5.11 Å². The van der Waals surface area contributed by atoms with Crippen LogP contribution in [0, 0.1) is 3.95 Å². The molecule has 3 rings (SSSR count). The Balaban J connectivity index is 2.12. The summed E-state index contributed by atoms with van der Waals surface area (Å²) in [6, 6.07) is 6.21. The topological polar surface area (TPSA) is 37.5 Å². The average molecular weight is 302 g/mol. The maximum Gasteiger partial charge on any atom is 0.210 e. The number of benzene rings is 1. The van der Waals surface area contributed by atoms with E-state index in [4.69, 9.17) is 12.2 Å². The molecule has 1 aliphatic heterocycles. The van der Waals surface area contributed by atoms with Crippen molar-refractivity contribution in [2.45, 2.75) is 13.3 Å². The zero-order valence-corrected chi connectivity index (χ0v) is 12.9. The van der Waals surface area contributed by atoms with Gasteiger partial charge in [-0.15, -0.1) is 11.3 Å². The van der Waals surface area contributed by atoms with Crippen molar-refractivity contribution in [3.63, 3.8) is 0 Å². The molecule has 0 saturated heterocycles. The van der Waals surface area contributed by atoms with E-state index in [1.54, 1.807) is 11.6 Å². The molecule has 3 nitrogen and oxygen atoms in total. The first kappa shape index (κ1) is 13.3. The highest BCUT2D eigenvalue weighted by Crippen LogP contribution is 2.37. The van der Waals surface area contributed by atoms with Gasteiger partial charge >= 0.3 is 0 Å². The summed E-state index contributed by atoms with van der Waals surface area (Å²) in [6.45, 7) is 2.13. The summed E-state index contributed by atoms with van der Waals surface area (Å²) < 4.78 is 2.27. The molecule has 2 aromatic rings. The number of rotatable bonds is 2. The van der Waals surface area contributed by atoms with Crippen LogP contribution in [0.3, 0.4) is 0 Å². The second kappa shape index (κ2) is 5.00. The molecule has 5 heteroatoms. The molecule has 0 bridgehead atoms. The number of hydrogen-bond donors (Lipinski definition) is 1. The Morgan fingerprint density at radius 2 is 2.25 bits per heavy atom. The van der Waals surface area contributed by atoms with Gasteiger partial charge in [-0.3, -0.25) is 9.56 Å². The molecule has 2 heterocycles. The van der Waals surface area contributed by atoms with Crippen LogP contribution in [0.25, 0.3) is 11.6 Å². The molecule has 0 spiro atoms. The number of aliphatic imine (C=N–C) groups is 1. The fourth-order valence-corrected chi connectivity index (χ4v) is 3.46. The first-order chi connectivity index (χ1) is 9.61. The second-order valence-corrected chi connectivity index (χ2v) is 6.32. The molecule has 20 heavy (non-hydrogen) atoms. The van der Waals surface area contributed by atoms with Crippen LogP contribution in [0.1, 0.15) is 22.9 Å². The van der Waals surface area contributed by atoms with Gasteiger partial charge in [-0.2, -0.15) is 0 Å². The predicted molar refractivity (Wildman–Crippen MR) is 87.6 cm³/mol. The van der Waals surface area contributed by atoms with Crippen LogP contribution in [-0.4, -0.2) is 15.9 Å². The lowest BCUT2D eigenvalue weighted by atomic mass is 10.0. The van der Waals surface area contributed by atoms with Gasteiger partial charge in [0.05, 0.1) is 10.6 Å². The lowest BCUT2D eigenvalue weighted by molar-refractivity contribution is 0.430. The van der Waals surface area contributed by atoms with Crippen molar-refractivity contribution >= 4 is 47.1 Å². The molecule has 0 saturated carbocycles. The number of fused-ring (bicyclic) bond motifs is 1. The normalized spacial score (nSPS) is 15.0. The highest BCUT2D eigenvalue weighted by molar-refractivity contribution is 7.73. The smallest absolute Gasteiger partial charge is 0.210 e. The average Bonchev–Trinajstić information content (AvgIpc) is 2.97. The van der Waals surface area contributed by atoms with E-state index in [1.165, 1.54) is 16.9 Å². The highest BCUT2D eigenvalue weighted by Gasteiger charge is 2.16. The Labute approximate surface area is 126 Å². The molecule has 0 unspecified atom stereocenters. The molecule has 1 N–H and O–H groups in total. The Hall–Kier alpha value is -1.72. The van der Waals surface area contributed by atoms with Crippen molar-refractivity contribution in [3.8, 4) is 5.88 Å². The molecular formula is C15H14N2OS2. The molecule has 0 atom stereocenters. The molecule has 1 aromatic carbocycles. The minimum absolute atomic E-state index is 0.209. The van der Waals surface area contributed by atoms with Gasteiger partial charge in [0, 0.05) is 24.4 Å². The minimum atomic E-state index is 0.209. The fraction of sp³-hybridized carbons (Fsp3) is 0.200. The first-order valence-electron chi connectivity index (χ1n) is 6.38. The number of aromatic hydroxyl groups is 1. The van der Waals surface area contributed by atoms with E-state index in [-0.39, 0.29) is 5.88 Å². The first-order valence-corrected chi connectivity index (χ1v) is 7.61. The number of aromatic nitrogens is 1. The second-order valence-electron chi connectivity index (χ2n) is 4.64. The van der Waals surface area contributed by atoms with Gasteiger partial charge in [-0.1, -0.05) is 25.1 Å². The van der Waals surface area contributed by atoms with E-state index >= 15 is 0 Å². The van der Waals surface area contributed by atoms with Crippen LogP contribution in [0.5, 0.6) is 5.88 Å². The lowest BCUT2D eigenvalue weighted by Gasteiger charge is -2.04.